The van der Waals surface area contributed by atoms with Gasteiger partial charge in [-0.05, 0) is 18.2 Å². The van der Waals surface area contributed by atoms with Crippen LogP contribution < -0.4 is 16.6 Å². The third kappa shape index (κ3) is 2.31. The Bertz CT molecular complexity index is 617. The van der Waals surface area contributed by atoms with Crippen molar-refractivity contribution in [2.24, 2.45) is 0 Å². The molecule has 6 nitrogen and oxygen atoms in total. The summed E-state index contributed by atoms with van der Waals surface area (Å²) in [5.41, 5.74) is 5.32. The number of carbonyl (C=O) groups is 1. The summed E-state index contributed by atoms with van der Waals surface area (Å²) in [5.74, 6) is -0.380. The molecule has 0 bridgehead atoms. The standard InChI is InChI=1S/C10H9ClN4O2/c11-6-3-1-2-5(4-6)9(16)13-7-8(12)14-15-10(7)17/h1-4H,(H,13,16)(H4,12,14,15,17). The number of benzene rings is 1. The van der Waals surface area contributed by atoms with Gasteiger partial charge in [-0.15, -0.1) is 0 Å². The van der Waals surface area contributed by atoms with Gasteiger partial charge in [0.05, 0.1) is 0 Å². The molecule has 1 aromatic carbocycles. The topological polar surface area (TPSA) is 104 Å². The van der Waals surface area contributed by atoms with Gasteiger partial charge in [0.15, 0.2) is 5.69 Å². The quantitative estimate of drug-likeness (QED) is 0.645. The number of aromatic amines is 2. The molecule has 0 radical (unpaired) electrons. The maximum atomic E-state index is 11.8. The highest BCUT2D eigenvalue weighted by atomic mass is 35.5. The Labute approximate surface area is 101 Å². The Hall–Kier alpha value is -2.21. The van der Waals surface area contributed by atoms with Crippen molar-refractivity contribution in [1.82, 2.24) is 10.2 Å². The average Bonchev–Trinajstić information content (AvgIpc) is 2.61. The van der Waals surface area contributed by atoms with Gasteiger partial charge in [-0.3, -0.25) is 19.8 Å². The second-order valence-electron chi connectivity index (χ2n) is 3.33. The van der Waals surface area contributed by atoms with Crippen LogP contribution in [-0.2, 0) is 0 Å². The number of rotatable bonds is 2. The number of nitrogens with two attached hydrogens (primary N) is 1. The van der Waals surface area contributed by atoms with Crippen molar-refractivity contribution in [3.63, 3.8) is 0 Å². The molecular weight excluding hydrogens is 244 g/mol. The van der Waals surface area contributed by atoms with Gasteiger partial charge in [-0.25, -0.2) is 0 Å². The van der Waals surface area contributed by atoms with Crippen LogP contribution in [0.1, 0.15) is 10.4 Å². The van der Waals surface area contributed by atoms with E-state index in [1.54, 1.807) is 18.2 Å². The summed E-state index contributed by atoms with van der Waals surface area (Å²) in [6.45, 7) is 0. The number of nitrogens with one attached hydrogen (secondary N) is 3. The van der Waals surface area contributed by atoms with Gasteiger partial charge in [0.1, 0.15) is 5.82 Å². The highest BCUT2D eigenvalue weighted by Crippen LogP contribution is 2.13. The number of carbonyl (C=O) groups excluding carboxylic acids is 1. The maximum Gasteiger partial charge on any atom is 0.289 e. The molecule has 2 rings (SSSR count). The fourth-order valence-corrected chi connectivity index (χ4v) is 1.50. The SMILES string of the molecule is Nc1[nH][nH]c(=O)c1NC(=O)c1cccc(Cl)c1. The number of nitrogen functional groups attached to an aromatic ring is 1. The molecule has 17 heavy (non-hydrogen) atoms. The van der Waals surface area contributed by atoms with Crippen molar-refractivity contribution in [3.8, 4) is 0 Å². The first-order valence-electron chi connectivity index (χ1n) is 4.71. The van der Waals surface area contributed by atoms with E-state index < -0.39 is 11.5 Å². The smallest absolute Gasteiger partial charge is 0.289 e. The second-order valence-corrected chi connectivity index (χ2v) is 3.77. The van der Waals surface area contributed by atoms with Crippen LogP contribution in [0.25, 0.3) is 0 Å². The predicted octanol–water partition coefficient (Wildman–Crippen LogP) is 1.19. The van der Waals surface area contributed by atoms with Crippen molar-refractivity contribution < 1.29 is 4.79 Å². The molecule has 0 unspecified atom stereocenters. The number of aromatic nitrogens is 2. The zero-order chi connectivity index (χ0) is 12.4. The molecule has 0 fully saturated rings. The van der Waals surface area contributed by atoms with Crippen LogP contribution in [-0.4, -0.2) is 16.1 Å². The van der Waals surface area contributed by atoms with E-state index >= 15 is 0 Å². The van der Waals surface area contributed by atoms with Crippen LogP contribution >= 0.6 is 11.6 Å². The lowest BCUT2D eigenvalue weighted by molar-refractivity contribution is 0.102. The number of hydrogen-bond acceptors (Lipinski definition) is 3. The molecule has 0 aliphatic heterocycles. The van der Waals surface area contributed by atoms with Crippen LogP contribution in [0.2, 0.25) is 5.02 Å². The van der Waals surface area contributed by atoms with E-state index in [1.807, 2.05) is 0 Å². The summed E-state index contributed by atoms with van der Waals surface area (Å²) in [6, 6.07) is 6.37. The molecular formula is C10H9ClN4O2. The largest absolute Gasteiger partial charge is 0.382 e. The average molecular weight is 253 g/mol. The van der Waals surface area contributed by atoms with E-state index in [0.29, 0.717) is 10.6 Å². The Morgan fingerprint density at radius 3 is 2.71 bits per heavy atom. The molecule has 1 aromatic heterocycles. The Kier molecular flexibility index (Phi) is 2.88. The first-order chi connectivity index (χ1) is 8.08. The van der Waals surface area contributed by atoms with E-state index in [1.165, 1.54) is 6.07 Å². The predicted molar refractivity (Wildman–Crippen MR) is 65.2 cm³/mol. The highest BCUT2D eigenvalue weighted by molar-refractivity contribution is 6.31. The van der Waals surface area contributed by atoms with Gasteiger partial charge in [-0.2, -0.15) is 0 Å². The lowest BCUT2D eigenvalue weighted by Gasteiger charge is -2.02. The van der Waals surface area contributed by atoms with Crippen molar-refractivity contribution in [2.45, 2.75) is 0 Å². The summed E-state index contributed by atoms with van der Waals surface area (Å²) in [4.78, 5) is 23.0. The first kappa shape index (κ1) is 11.3. The molecule has 0 aliphatic rings. The van der Waals surface area contributed by atoms with Gasteiger partial charge in [0.25, 0.3) is 11.5 Å². The minimum atomic E-state index is -0.488. The highest BCUT2D eigenvalue weighted by Gasteiger charge is 2.12. The molecule has 0 aliphatic carbocycles. The van der Waals surface area contributed by atoms with Crippen LogP contribution in [0.15, 0.2) is 29.1 Å². The number of hydrogen-bond donors (Lipinski definition) is 4. The van der Waals surface area contributed by atoms with Gasteiger partial charge in [-0.1, -0.05) is 17.7 Å². The third-order valence-corrected chi connectivity index (χ3v) is 2.37. The van der Waals surface area contributed by atoms with Gasteiger partial charge in [0.2, 0.25) is 0 Å². The van der Waals surface area contributed by atoms with Crippen LogP contribution in [0.3, 0.4) is 0 Å². The summed E-state index contributed by atoms with van der Waals surface area (Å²) in [7, 11) is 0. The van der Waals surface area contributed by atoms with Crippen molar-refractivity contribution >= 4 is 29.0 Å². The summed E-state index contributed by atoms with van der Waals surface area (Å²) >= 11 is 5.75. The Morgan fingerprint density at radius 1 is 1.35 bits per heavy atom. The fourth-order valence-electron chi connectivity index (χ4n) is 1.31. The molecule has 1 heterocycles. The molecule has 0 atom stereocenters. The normalized spacial score (nSPS) is 10.2. The summed E-state index contributed by atoms with van der Waals surface area (Å²) < 4.78 is 0. The van der Waals surface area contributed by atoms with Crippen molar-refractivity contribution in [1.29, 1.82) is 0 Å². The van der Waals surface area contributed by atoms with E-state index in [0.717, 1.165) is 0 Å². The van der Waals surface area contributed by atoms with E-state index in [9.17, 15) is 9.59 Å². The van der Waals surface area contributed by atoms with E-state index in [2.05, 4.69) is 15.5 Å². The zero-order valence-corrected chi connectivity index (χ0v) is 9.34. The number of halogens is 1. The monoisotopic (exact) mass is 252 g/mol. The zero-order valence-electron chi connectivity index (χ0n) is 8.58. The van der Waals surface area contributed by atoms with Crippen LogP contribution in [0.5, 0.6) is 0 Å². The van der Waals surface area contributed by atoms with E-state index in [4.69, 9.17) is 17.3 Å². The van der Waals surface area contributed by atoms with Crippen molar-refractivity contribution in [2.75, 3.05) is 11.1 Å². The molecule has 7 heteroatoms. The second kappa shape index (κ2) is 4.34. The molecule has 5 N–H and O–H groups in total. The molecule has 0 saturated carbocycles. The molecule has 0 spiro atoms. The fraction of sp³-hybridized carbons (Fsp3) is 0. The molecule has 88 valence electrons. The molecule has 2 aromatic rings. The summed E-state index contributed by atoms with van der Waals surface area (Å²) in [5, 5.41) is 7.51. The Balaban J connectivity index is 2.26. The van der Waals surface area contributed by atoms with Gasteiger partial charge in [0, 0.05) is 10.6 Å². The number of amides is 1. The third-order valence-electron chi connectivity index (χ3n) is 2.13. The minimum Gasteiger partial charge on any atom is -0.382 e. The lowest BCUT2D eigenvalue weighted by Crippen LogP contribution is -2.17. The van der Waals surface area contributed by atoms with Gasteiger partial charge >= 0.3 is 0 Å². The minimum absolute atomic E-state index is 0.00465. The first-order valence-corrected chi connectivity index (χ1v) is 5.09. The maximum absolute atomic E-state index is 11.8. The Morgan fingerprint density at radius 2 is 2.12 bits per heavy atom. The van der Waals surface area contributed by atoms with Crippen LogP contribution in [0, 0.1) is 0 Å². The summed E-state index contributed by atoms with van der Waals surface area (Å²) in [6.07, 6.45) is 0. The molecule has 1 amide bonds. The number of H-pyrrole nitrogens is 2. The van der Waals surface area contributed by atoms with E-state index in [-0.39, 0.29) is 11.5 Å². The lowest BCUT2D eigenvalue weighted by atomic mass is 10.2. The van der Waals surface area contributed by atoms with Crippen molar-refractivity contribution in [3.05, 3.63) is 45.2 Å². The number of anilines is 2. The molecule has 0 saturated heterocycles. The van der Waals surface area contributed by atoms with Gasteiger partial charge < -0.3 is 11.1 Å². The van der Waals surface area contributed by atoms with Crippen LogP contribution in [0.4, 0.5) is 11.5 Å².